The third-order valence-electron chi connectivity index (χ3n) is 3.95. The number of hydrogen-bond donors (Lipinski definition) is 4. The number of hydrogen-bond acceptors (Lipinski definition) is 6. The lowest BCUT2D eigenvalue weighted by atomic mass is 10.1. The standard InChI is InChI=1S/C17H20N4O2S/c1-10-7-8-16(24-10)13-9-14(20-19-13)17(23)21-18-11(2)12-5-3-4-6-15(12)22/h3-8,13-14,19-20,22H,9H2,1-2H3,(H,21,23)/b18-11+. The van der Waals surface area contributed by atoms with Gasteiger partial charge in [0, 0.05) is 15.3 Å². The van der Waals surface area contributed by atoms with Crippen LogP contribution in [0.3, 0.4) is 0 Å². The van der Waals surface area contributed by atoms with Crippen molar-refractivity contribution in [1.29, 1.82) is 0 Å². The minimum Gasteiger partial charge on any atom is -0.507 e. The predicted molar refractivity (Wildman–Crippen MR) is 94.9 cm³/mol. The number of nitrogens with zero attached hydrogens (tertiary/aromatic N) is 1. The summed E-state index contributed by atoms with van der Waals surface area (Å²) in [6, 6.07) is 10.8. The molecule has 0 radical (unpaired) electrons. The number of rotatable bonds is 4. The zero-order valence-electron chi connectivity index (χ0n) is 13.5. The largest absolute Gasteiger partial charge is 0.507 e. The Bertz CT molecular complexity index is 771. The lowest BCUT2D eigenvalue weighted by Gasteiger charge is -2.08. The van der Waals surface area contributed by atoms with Crippen LogP contribution in [0.15, 0.2) is 41.5 Å². The normalized spacial score (nSPS) is 21.0. The van der Waals surface area contributed by atoms with Crippen LogP contribution in [0.5, 0.6) is 5.75 Å². The number of phenols is 1. The molecule has 0 aliphatic carbocycles. The Kier molecular flexibility index (Phi) is 4.94. The van der Waals surface area contributed by atoms with Crippen LogP contribution in [0.25, 0.3) is 0 Å². The Hall–Kier alpha value is -2.22. The Balaban J connectivity index is 1.60. The van der Waals surface area contributed by atoms with E-state index < -0.39 is 0 Å². The molecule has 2 unspecified atom stereocenters. The summed E-state index contributed by atoms with van der Waals surface area (Å²) in [6.07, 6.45) is 0.664. The number of aryl methyl sites for hydroxylation is 1. The van der Waals surface area contributed by atoms with Gasteiger partial charge in [0.1, 0.15) is 11.8 Å². The van der Waals surface area contributed by atoms with E-state index in [-0.39, 0.29) is 23.7 Å². The molecular formula is C17H20N4O2S. The fourth-order valence-electron chi connectivity index (χ4n) is 2.61. The number of carbonyl (C=O) groups excluding carboxylic acids is 1. The second-order valence-electron chi connectivity index (χ2n) is 5.77. The maximum atomic E-state index is 12.3. The molecule has 1 aromatic carbocycles. The molecule has 1 aliphatic rings. The van der Waals surface area contributed by atoms with Crippen molar-refractivity contribution in [3.8, 4) is 5.75 Å². The monoisotopic (exact) mass is 344 g/mol. The van der Waals surface area contributed by atoms with Crippen LogP contribution in [0, 0.1) is 6.92 Å². The Morgan fingerprint density at radius 3 is 2.79 bits per heavy atom. The first kappa shape index (κ1) is 16.6. The molecule has 1 amide bonds. The molecule has 1 saturated heterocycles. The van der Waals surface area contributed by atoms with Gasteiger partial charge in [-0.2, -0.15) is 5.10 Å². The SMILES string of the molecule is C/C(=N\NC(=O)C1CC(c2ccc(C)s2)NN1)c1ccccc1O. The predicted octanol–water partition coefficient (Wildman–Crippen LogP) is 2.21. The van der Waals surface area contributed by atoms with Crippen LogP contribution in [-0.2, 0) is 4.79 Å². The van der Waals surface area contributed by atoms with Gasteiger partial charge in [-0.05, 0) is 44.5 Å². The van der Waals surface area contributed by atoms with Crippen molar-refractivity contribution in [3.05, 3.63) is 51.7 Å². The van der Waals surface area contributed by atoms with Gasteiger partial charge in [0.25, 0.3) is 5.91 Å². The third-order valence-corrected chi connectivity index (χ3v) is 5.07. The summed E-state index contributed by atoms with van der Waals surface area (Å²) < 4.78 is 0. The van der Waals surface area contributed by atoms with Gasteiger partial charge in [0.2, 0.25) is 0 Å². The minimum atomic E-state index is -0.349. The number of aromatic hydroxyl groups is 1. The van der Waals surface area contributed by atoms with Gasteiger partial charge in [0.15, 0.2) is 0 Å². The van der Waals surface area contributed by atoms with E-state index in [4.69, 9.17) is 0 Å². The fourth-order valence-corrected chi connectivity index (χ4v) is 3.55. The lowest BCUT2D eigenvalue weighted by molar-refractivity contribution is -0.122. The first-order chi connectivity index (χ1) is 11.5. The Morgan fingerprint density at radius 1 is 1.29 bits per heavy atom. The van der Waals surface area contributed by atoms with Crippen molar-refractivity contribution in [3.63, 3.8) is 0 Å². The van der Waals surface area contributed by atoms with E-state index in [0.717, 1.165) is 0 Å². The molecule has 4 N–H and O–H groups in total. The van der Waals surface area contributed by atoms with Gasteiger partial charge < -0.3 is 5.11 Å². The second-order valence-corrected chi connectivity index (χ2v) is 7.09. The first-order valence-corrected chi connectivity index (χ1v) is 8.56. The van der Waals surface area contributed by atoms with Crippen molar-refractivity contribution in [1.82, 2.24) is 16.3 Å². The zero-order chi connectivity index (χ0) is 17.1. The summed E-state index contributed by atoms with van der Waals surface area (Å²) in [5.41, 5.74) is 9.89. The molecule has 2 atom stereocenters. The van der Waals surface area contributed by atoms with Crippen LogP contribution in [0.1, 0.15) is 34.7 Å². The highest BCUT2D eigenvalue weighted by Crippen LogP contribution is 2.28. The van der Waals surface area contributed by atoms with Gasteiger partial charge >= 0.3 is 0 Å². The summed E-state index contributed by atoms with van der Waals surface area (Å²) in [5, 5.41) is 13.9. The van der Waals surface area contributed by atoms with E-state index >= 15 is 0 Å². The molecule has 2 aromatic rings. The van der Waals surface area contributed by atoms with Crippen molar-refractivity contribution in [2.75, 3.05) is 0 Å². The molecule has 1 fully saturated rings. The van der Waals surface area contributed by atoms with E-state index in [1.807, 2.05) is 6.07 Å². The molecule has 2 heterocycles. The molecule has 3 rings (SSSR count). The number of amides is 1. The second kappa shape index (κ2) is 7.12. The molecule has 0 bridgehead atoms. The number of nitrogens with one attached hydrogen (secondary N) is 3. The summed E-state index contributed by atoms with van der Waals surface area (Å²) in [5.74, 6) is -0.0603. The van der Waals surface area contributed by atoms with E-state index in [1.165, 1.54) is 9.75 Å². The van der Waals surface area contributed by atoms with Crippen LogP contribution >= 0.6 is 11.3 Å². The summed E-state index contributed by atoms with van der Waals surface area (Å²) in [4.78, 5) is 14.7. The van der Waals surface area contributed by atoms with Gasteiger partial charge in [0.05, 0.1) is 11.8 Å². The average Bonchev–Trinajstić information content (AvgIpc) is 3.21. The highest BCUT2D eigenvalue weighted by atomic mass is 32.1. The van der Waals surface area contributed by atoms with Crippen LogP contribution < -0.4 is 16.3 Å². The highest BCUT2D eigenvalue weighted by Gasteiger charge is 2.30. The highest BCUT2D eigenvalue weighted by molar-refractivity contribution is 7.12. The van der Waals surface area contributed by atoms with Crippen LogP contribution in [-0.4, -0.2) is 22.8 Å². The van der Waals surface area contributed by atoms with Gasteiger partial charge in [-0.15, -0.1) is 11.3 Å². The smallest absolute Gasteiger partial charge is 0.258 e. The maximum absolute atomic E-state index is 12.3. The number of para-hydroxylation sites is 1. The van der Waals surface area contributed by atoms with Crippen molar-refractivity contribution in [2.45, 2.75) is 32.4 Å². The van der Waals surface area contributed by atoms with Gasteiger partial charge in [-0.3, -0.25) is 4.79 Å². The van der Waals surface area contributed by atoms with Crippen molar-refractivity contribution >= 4 is 23.0 Å². The van der Waals surface area contributed by atoms with E-state index in [0.29, 0.717) is 17.7 Å². The molecule has 6 nitrogen and oxygen atoms in total. The molecule has 0 saturated carbocycles. The molecule has 126 valence electrons. The number of phenolic OH excluding ortho intramolecular Hbond substituents is 1. The van der Waals surface area contributed by atoms with Gasteiger partial charge in [-0.1, -0.05) is 12.1 Å². The Morgan fingerprint density at radius 2 is 2.08 bits per heavy atom. The number of hydrazine groups is 1. The molecule has 1 aromatic heterocycles. The third kappa shape index (κ3) is 3.64. The summed E-state index contributed by atoms with van der Waals surface area (Å²) in [6.45, 7) is 3.81. The fraction of sp³-hybridized carbons (Fsp3) is 0.294. The molecule has 0 spiro atoms. The lowest BCUT2D eigenvalue weighted by Crippen LogP contribution is -2.41. The molecule has 7 heteroatoms. The van der Waals surface area contributed by atoms with Crippen LogP contribution in [0.4, 0.5) is 0 Å². The number of hydrazone groups is 1. The molecular weight excluding hydrogens is 324 g/mol. The van der Waals surface area contributed by atoms with Crippen molar-refractivity contribution < 1.29 is 9.90 Å². The molecule has 24 heavy (non-hydrogen) atoms. The quantitative estimate of drug-likeness (QED) is 0.506. The zero-order valence-corrected chi connectivity index (χ0v) is 14.4. The van der Waals surface area contributed by atoms with Crippen molar-refractivity contribution in [2.24, 2.45) is 5.10 Å². The van der Waals surface area contributed by atoms with E-state index in [9.17, 15) is 9.90 Å². The number of carbonyl (C=O) groups is 1. The van der Waals surface area contributed by atoms with E-state index in [2.05, 4.69) is 40.4 Å². The average molecular weight is 344 g/mol. The summed E-state index contributed by atoms with van der Waals surface area (Å²) in [7, 11) is 0. The van der Waals surface area contributed by atoms with E-state index in [1.54, 1.807) is 36.5 Å². The van der Waals surface area contributed by atoms with Crippen LogP contribution in [0.2, 0.25) is 0 Å². The number of thiophene rings is 1. The minimum absolute atomic E-state index is 0.127. The first-order valence-electron chi connectivity index (χ1n) is 7.74. The Labute approximate surface area is 144 Å². The summed E-state index contributed by atoms with van der Waals surface area (Å²) >= 11 is 1.73. The topological polar surface area (TPSA) is 85.8 Å². The van der Waals surface area contributed by atoms with Gasteiger partial charge in [-0.25, -0.2) is 16.3 Å². The maximum Gasteiger partial charge on any atom is 0.258 e. The number of benzene rings is 1. The molecule has 1 aliphatic heterocycles.